The van der Waals surface area contributed by atoms with E-state index in [2.05, 4.69) is 10.6 Å². The lowest BCUT2D eigenvalue weighted by Gasteiger charge is -2.36. The minimum Gasteiger partial charge on any atom is -0.326 e. The van der Waals surface area contributed by atoms with Crippen LogP contribution in [0.4, 0.5) is 10.1 Å². The van der Waals surface area contributed by atoms with Crippen molar-refractivity contribution in [2.75, 3.05) is 12.4 Å². The second kappa shape index (κ2) is 6.15. The Kier molecular flexibility index (Phi) is 4.53. The van der Waals surface area contributed by atoms with Crippen molar-refractivity contribution in [3.8, 4) is 0 Å². The van der Waals surface area contributed by atoms with Gasteiger partial charge in [0.1, 0.15) is 5.82 Å². The maximum Gasteiger partial charge on any atom is 0.226 e. The first kappa shape index (κ1) is 14.0. The zero-order valence-corrected chi connectivity index (χ0v) is 11.3. The van der Waals surface area contributed by atoms with Gasteiger partial charge >= 0.3 is 0 Å². The second-order valence-corrected chi connectivity index (χ2v) is 5.32. The lowest BCUT2D eigenvalue weighted by molar-refractivity contribution is -0.117. The van der Waals surface area contributed by atoms with Gasteiger partial charge in [-0.25, -0.2) is 4.39 Å². The topological polar surface area (TPSA) is 41.1 Å². The summed E-state index contributed by atoms with van der Waals surface area (Å²) in [5.41, 5.74) is 0.580. The van der Waals surface area contributed by atoms with Crippen LogP contribution in [0.15, 0.2) is 24.3 Å². The molecule has 0 radical (unpaired) electrons. The number of anilines is 1. The van der Waals surface area contributed by atoms with Crippen LogP contribution in [-0.2, 0) is 4.79 Å². The molecule has 3 nitrogen and oxygen atoms in total. The first-order valence-corrected chi connectivity index (χ1v) is 6.88. The fourth-order valence-corrected chi connectivity index (χ4v) is 2.79. The number of hydrogen-bond acceptors (Lipinski definition) is 2. The van der Waals surface area contributed by atoms with Crippen molar-refractivity contribution in [1.82, 2.24) is 5.32 Å². The van der Waals surface area contributed by atoms with Crippen LogP contribution in [0.25, 0.3) is 0 Å². The highest BCUT2D eigenvalue weighted by Crippen LogP contribution is 2.31. The van der Waals surface area contributed by atoms with E-state index in [1.807, 2.05) is 7.05 Å². The third kappa shape index (κ3) is 3.77. The molecule has 0 spiro atoms. The van der Waals surface area contributed by atoms with Crippen LogP contribution in [-0.4, -0.2) is 18.5 Å². The quantitative estimate of drug-likeness (QED) is 0.877. The van der Waals surface area contributed by atoms with Crippen molar-refractivity contribution in [3.05, 3.63) is 30.1 Å². The van der Waals surface area contributed by atoms with Gasteiger partial charge in [0.15, 0.2) is 0 Å². The number of amides is 1. The van der Waals surface area contributed by atoms with Crippen molar-refractivity contribution >= 4 is 11.6 Å². The molecule has 2 N–H and O–H groups in total. The van der Waals surface area contributed by atoms with Crippen molar-refractivity contribution in [2.24, 2.45) is 0 Å². The van der Waals surface area contributed by atoms with E-state index in [0.29, 0.717) is 12.1 Å². The standard InChI is InChI=1S/C15H21FN2O/c1-17-15(9-3-2-4-10-15)11-14(19)18-13-7-5-12(16)6-8-13/h5-8,17H,2-4,9-11H2,1H3,(H,18,19). The molecule has 1 aromatic rings. The molecular formula is C15H21FN2O. The second-order valence-electron chi connectivity index (χ2n) is 5.32. The fraction of sp³-hybridized carbons (Fsp3) is 0.533. The summed E-state index contributed by atoms with van der Waals surface area (Å²) in [4.78, 5) is 12.1. The maximum absolute atomic E-state index is 12.8. The predicted octanol–water partition coefficient (Wildman–Crippen LogP) is 3.08. The van der Waals surface area contributed by atoms with Crippen LogP contribution >= 0.6 is 0 Å². The maximum atomic E-state index is 12.8. The first-order chi connectivity index (χ1) is 9.13. The molecule has 104 valence electrons. The molecule has 19 heavy (non-hydrogen) atoms. The Balaban J connectivity index is 1.94. The molecule has 2 rings (SSSR count). The van der Waals surface area contributed by atoms with Crippen LogP contribution in [0.5, 0.6) is 0 Å². The normalized spacial score (nSPS) is 18.0. The molecule has 1 amide bonds. The van der Waals surface area contributed by atoms with E-state index in [9.17, 15) is 9.18 Å². The number of carbonyl (C=O) groups is 1. The molecule has 0 heterocycles. The van der Waals surface area contributed by atoms with Gasteiger partial charge < -0.3 is 10.6 Å². The number of benzene rings is 1. The lowest BCUT2D eigenvalue weighted by Crippen LogP contribution is -2.47. The van der Waals surface area contributed by atoms with Crippen LogP contribution in [0.1, 0.15) is 38.5 Å². The van der Waals surface area contributed by atoms with Crippen molar-refractivity contribution < 1.29 is 9.18 Å². The summed E-state index contributed by atoms with van der Waals surface area (Å²) >= 11 is 0. The molecule has 1 saturated carbocycles. The molecule has 0 atom stereocenters. The van der Waals surface area contributed by atoms with Crippen LogP contribution < -0.4 is 10.6 Å². The molecule has 0 aromatic heterocycles. The molecule has 0 unspecified atom stereocenters. The monoisotopic (exact) mass is 264 g/mol. The van der Waals surface area contributed by atoms with E-state index in [1.54, 1.807) is 12.1 Å². The molecule has 0 aliphatic heterocycles. The molecule has 0 saturated heterocycles. The van der Waals surface area contributed by atoms with Gasteiger partial charge in [-0.2, -0.15) is 0 Å². The predicted molar refractivity (Wildman–Crippen MR) is 74.5 cm³/mol. The SMILES string of the molecule is CNC1(CC(=O)Nc2ccc(F)cc2)CCCCC1. The highest BCUT2D eigenvalue weighted by Gasteiger charge is 2.32. The molecule has 1 aliphatic rings. The summed E-state index contributed by atoms with van der Waals surface area (Å²) in [5.74, 6) is -0.306. The van der Waals surface area contributed by atoms with E-state index < -0.39 is 0 Å². The van der Waals surface area contributed by atoms with E-state index in [-0.39, 0.29) is 17.3 Å². The smallest absolute Gasteiger partial charge is 0.226 e. The Morgan fingerprint density at radius 1 is 1.21 bits per heavy atom. The van der Waals surface area contributed by atoms with Crippen molar-refractivity contribution in [1.29, 1.82) is 0 Å². The molecule has 1 aromatic carbocycles. The Hall–Kier alpha value is -1.42. The van der Waals surface area contributed by atoms with E-state index in [4.69, 9.17) is 0 Å². The number of nitrogens with one attached hydrogen (secondary N) is 2. The average Bonchev–Trinajstić information content (AvgIpc) is 2.42. The molecule has 4 heteroatoms. The molecule has 1 aliphatic carbocycles. The van der Waals surface area contributed by atoms with Gasteiger partial charge in [-0.3, -0.25) is 4.79 Å². The largest absolute Gasteiger partial charge is 0.326 e. The summed E-state index contributed by atoms with van der Waals surface area (Å²) in [6.07, 6.45) is 6.15. The van der Waals surface area contributed by atoms with Gasteiger partial charge in [0.05, 0.1) is 0 Å². The molecular weight excluding hydrogens is 243 g/mol. The molecule has 1 fully saturated rings. The van der Waals surface area contributed by atoms with E-state index in [1.165, 1.54) is 31.4 Å². The van der Waals surface area contributed by atoms with Gasteiger partial charge in [-0.05, 0) is 44.2 Å². The van der Waals surface area contributed by atoms with Gasteiger partial charge in [0, 0.05) is 17.6 Å². The van der Waals surface area contributed by atoms with Crippen LogP contribution in [0, 0.1) is 5.82 Å². The zero-order chi connectivity index (χ0) is 13.7. The summed E-state index contributed by atoms with van der Waals surface area (Å²) in [6.45, 7) is 0. The van der Waals surface area contributed by atoms with Crippen molar-refractivity contribution in [3.63, 3.8) is 0 Å². The summed E-state index contributed by atoms with van der Waals surface area (Å²) in [6, 6.07) is 5.87. The van der Waals surface area contributed by atoms with Crippen molar-refractivity contribution in [2.45, 2.75) is 44.1 Å². The highest BCUT2D eigenvalue weighted by molar-refractivity contribution is 5.91. The van der Waals surface area contributed by atoms with E-state index in [0.717, 1.165) is 12.8 Å². The van der Waals surface area contributed by atoms with Crippen LogP contribution in [0.3, 0.4) is 0 Å². The Morgan fingerprint density at radius 3 is 2.42 bits per heavy atom. The van der Waals surface area contributed by atoms with Gasteiger partial charge in [0.25, 0.3) is 0 Å². The summed E-state index contributed by atoms with van der Waals surface area (Å²) in [5, 5.41) is 6.15. The summed E-state index contributed by atoms with van der Waals surface area (Å²) in [7, 11) is 1.93. The minimum absolute atomic E-state index is 0.0112. The number of rotatable bonds is 4. The zero-order valence-electron chi connectivity index (χ0n) is 11.3. The lowest BCUT2D eigenvalue weighted by atomic mass is 9.79. The Morgan fingerprint density at radius 2 is 1.84 bits per heavy atom. The van der Waals surface area contributed by atoms with E-state index >= 15 is 0 Å². The van der Waals surface area contributed by atoms with Gasteiger partial charge in [0.2, 0.25) is 5.91 Å². The highest BCUT2D eigenvalue weighted by atomic mass is 19.1. The Bertz CT molecular complexity index is 424. The fourth-order valence-electron chi connectivity index (χ4n) is 2.79. The summed E-state index contributed by atoms with van der Waals surface area (Å²) < 4.78 is 12.8. The minimum atomic E-state index is -0.294. The number of hydrogen-bond donors (Lipinski definition) is 2. The third-order valence-corrected chi connectivity index (χ3v) is 3.97. The van der Waals surface area contributed by atoms with Crippen LogP contribution in [0.2, 0.25) is 0 Å². The molecule has 0 bridgehead atoms. The average molecular weight is 264 g/mol. The number of halogens is 1. The number of carbonyl (C=O) groups excluding carboxylic acids is 1. The Labute approximate surface area is 113 Å². The van der Waals surface area contributed by atoms with Gasteiger partial charge in [-0.15, -0.1) is 0 Å². The van der Waals surface area contributed by atoms with Gasteiger partial charge in [-0.1, -0.05) is 19.3 Å². The first-order valence-electron chi connectivity index (χ1n) is 6.88. The third-order valence-electron chi connectivity index (χ3n) is 3.97.